The number of rotatable bonds is 6. The van der Waals surface area contributed by atoms with Crippen molar-refractivity contribution >= 4 is 28.3 Å². The van der Waals surface area contributed by atoms with Crippen molar-refractivity contribution < 1.29 is 34.1 Å². The lowest BCUT2D eigenvalue weighted by atomic mass is 9.70. The molecule has 0 amide bonds. The van der Waals surface area contributed by atoms with Gasteiger partial charge >= 0.3 is 0 Å². The zero-order chi connectivity index (χ0) is 27.5. The third-order valence-corrected chi connectivity index (χ3v) is 7.48. The summed E-state index contributed by atoms with van der Waals surface area (Å²) in [7, 11) is 1.62. The lowest BCUT2D eigenvalue weighted by molar-refractivity contribution is -0.123. The van der Waals surface area contributed by atoms with E-state index in [1.807, 2.05) is 30.5 Å². The second-order valence-corrected chi connectivity index (χ2v) is 9.75. The van der Waals surface area contributed by atoms with Crippen molar-refractivity contribution in [3.8, 4) is 23.0 Å². The highest BCUT2D eigenvalue weighted by Gasteiger charge is 2.56. The molecular weight excluding hydrogens is 488 g/mol. The molecule has 2 heterocycles. The number of hydrogen-bond acceptors (Lipinski definition) is 8. The molecule has 2 aliphatic rings. The topological polar surface area (TPSA) is 127 Å². The second kappa shape index (κ2) is 8.79. The first kappa shape index (κ1) is 25.1. The van der Waals surface area contributed by atoms with Gasteiger partial charge in [0.2, 0.25) is 0 Å². The van der Waals surface area contributed by atoms with Gasteiger partial charge in [0, 0.05) is 47.5 Å². The van der Waals surface area contributed by atoms with Crippen molar-refractivity contribution in [1.82, 2.24) is 9.88 Å². The van der Waals surface area contributed by atoms with Crippen molar-refractivity contribution in [2.75, 3.05) is 13.7 Å². The van der Waals surface area contributed by atoms with Crippen molar-refractivity contribution in [2.24, 2.45) is 0 Å². The second-order valence-electron chi connectivity index (χ2n) is 9.75. The molecule has 2 aromatic carbocycles. The Morgan fingerprint density at radius 1 is 1.16 bits per heavy atom. The zero-order valence-electron chi connectivity index (χ0n) is 21.8. The number of ether oxygens (including phenoxy) is 2. The molecule has 0 fully saturated rings. The molecule has 0 spiro atoms. The van der Waals surface area contributed by atoms with Crippen LogP contribution in [0.1, 0.15) is 42.3 Å². The molecule has 9 heteroatoms. The molecule has 38 heavy (non-hydrogen) atoms. The van der Waals surface area contributed by atoms with E-state index in [1.54, 1.807) is 21.0 Å². The Morgan fingerprint density at radius 2 is 1.89 bits per heavy atom. The van der Waals surface area contributed by atoms with Crippen LogP contribution in [-0.4, -0.2) is 45.8 Å². The first-order valence-electron chi connectivity index (χ1n) is 12.2. The van der Waals surface area contributed by atoms with E-state index in [1.165, 1.54) is 19.9 Å². The zero-order valence-corrected chi connectivity index (χ0v) is 21.8. The van der Waals surface area contributed by atoms with Crippen LogP contribution in [0.2, 0.25) is 0 Å². The van der Waals surface area contributed by atoms with Crippen molar-refractivity contribution in [1.29, 1.82) is 0 Å². The molecule has 5 rings (SSSR count). The van der Waals surface area contributed by atoms with Gasteiger partial charge in [0.15, 0.2) is 17.3 Å². The van der Waals surface area contributed by atoms with Crippen LogP contribution in [0.4, 0.5) is 0 Å². The summed E-state index contributed by atoms with van der Waals surface area (Å²) in [5.41, 5.74) is -0.178. The SMILES string of the molecule is COc1ccc2c(ccn2CCN/C(C)=C2\C(=O)C=C3Oc4c(C(C)=O)c(O)c(C)c(O)c4[C@]3(C)C2=O)c1. The van der Waals surface area contributed by atoms with E-state index in [0.717, 1.165) is 16.7 Å². The van der Waals surface area contributed by atoms with Crippen LogP contribution in [-0.2, 0) is 21.5 Å². The van der Waals surface area contributed by atoms with E-state index >= 15 is 0 Å². The number of carbonyl (C=O) groups is 3. The number of nitrogens with zero attached hydrogens (tertiary/aromatic N) is 1. The summed E-state index contributed by atoms with van der Waals surface area (Å²) >= 11 is 0. The van der Waals surface area contributed by atoms with Crippen LogP contribution < -0.4 is 14.8 Å². The number of phenolic OH excluding ortho intramolecular Hbond substituents is 2. The number of Topliss-reactive ketones (excluding diaryl/α,β-unsaturated/α-hetero) is 2. The van der Waals surface area contributed by atoms with Gasteiger partial charge < -0.3 is 29.6 Å². The maximum atomic E-state index is 13.9. The van der Waals surface area contributed by atoms with Gasteiger partial charge in [0.25, 0.3) is 0 Å². The van der Waals surface area contributed by atoms with Gasteiger partial charge in [-0.25, -0.2) is 0 Å². The first-order chi connectivity index (χ1) is 18.0. The van der Waals surface area contributed by atoms with Crippen LogP contribution in [0.15, 0.2) is 53.6 Å². The fourth-order valence-electron chi connectivity index (χ4n) is 5.31. The van der Waals surface area contributed by atoms with Gasteiger partial charge in [-0.2, -0.15) is 0 Å². The highest BCUT2D eigenvalue weighted by molar-refractivity contribution is 6.31. The molecule has 196 valence electrons. The molecule has 0 saturated heterocycles. The Bertz CT molecular complexity index is 1630. The van der Waals surface area contributed by atoms with Gasteiger partial charge in [0.05, 0.1) is 18.2 Å². The number of allylic oxidation sites excluding steroid dienone is 4. The summed E-state index contributed by atoms with van der Waals surface area (Å²) in [6.07, 6.45) is 3.17. The Labute approximate surface area is 219 Å². The largest absolute Gasteiger partial charge is 0.507 e. The van der Waals surface area contributed by atoms with E-state index in [4.69, 9.17) is 9.47 Å². The van der Waals surface area contributed by atoms with Gasteiger partial charge in [-0.1, -0.05) is 0 Å². The summed E-state index contributed by atoms with van der Waals surface area (Å²) < 4.78 is 13.1. The average Bonchev–Trinajstić information content (AvgIpc) is 3.41. The minimum Gasteiger partial charge on any atom is -0.507 e. The molecule has 0 unspecified atom stereocenters. The molecular formula is C29H28N2O7. The molecule has 1 aliphatic carbocycles. The van der Waals surface area contributed by atoms with E-state index in [9.17, 15) is 24.6 Å². The summed E-state index contributed by atoms with van der Waals surface area (Å²) in [6, 6.07) is 7.80. The van der Waals surface area contributed by atoms with Crippen molar-refractivity contribution in [3.05, 3.63) is 70.3 Å². The summed E-state index contributed by atoms with van der Waals surface area (Å²) in [6.45, 7) is 6.93. The Hall–Kier alpha value is -4.53. The molecule has 0 bridgehead atoms. The highest BCUT2D eigenvalue weighted by Crippen LogP contribution is 2.57. The summed E-state index contributed by atoms with van der Waals surface area (Å²) in [5.74, 6) is -1.67. The van der Waals surface area contributed by atoms with Crippen LogP contribution in [0.3, 0.4) is 0 Å². The molecule has 9 nitrogen and oxygen atoms in total. The molecule has 1 aliphatic heterocycles. The van der Waals surface area contributed by atoms with E-state index in [2.05, 4.69) is 9.88 Å². The average molecular weight is 517 g/mol. The maximum absolute atomic E-state index is 13.9. The lowest BCUT2D eigenvalue weighted by Gasteiger charge is -2.29. The number of ketones is 3. The third-order valence-electron chi connectivity index (χ3n) is 7.48. The van der Waals surface area contributed by atoms with Crippen LogP contribution in [0.5, 0.6) is 23.0 Å². The van der Waals surface area contributed by atoms with E-state index < -0.39 is 28.5 Å². The number of aromatic hydroxyl groups is 2. The van der Waals surface area contributed by atoms with Gasteiger partial charge in [-0.15, -0.1) is 0 Å². The third kappa shape index (κ3) is 3.49. The monoisotopic (exact) mass is 516 g/mol. The normalized spacial score (nSPS) is 19.6. The van der Waals surface area contributed by atoms with E-state index in [0.29, 0.717) is 18.8 Å². The summed E-state index contributed by atoms with van der Waals surface area (Å²) in [4.78, 5) is 39.3. The summed E-state index contributed by atoms with van der Waals surface area (Å²) in [5, 5.41) is 25.6. The van der Waals surface area contributed by atoms with E-state index in [-0.39, 0.29) is 39.5 Å². The standard InChI is InChI=1S/C29H28N2O7/c1-14-25(34)23(16(3)32)27-24(26(14)35)29(4)21(38-27)13-20(33)22(28(29)36)15(2)30-9-11-31-10-8-17-12-18(37-5)6-7-19(17)31/h6-8,10,12-13,30,34-35H,9,11H2,1-5H3/b22-15+/t29-/m1/s1. The van der Waals surface area contributed by atoms with Crippen LogP contribution in [0, 0.1) is 6.92 Å². The molecule has 3 N–H and O–H groups in total. The van der Waals surface area contributed by atoms with Crippen LogP contribution >= 0.6 is 0 Å². The Kier molecular flexibility index (Phi) is 5.82. The van der Waals surface area contributed by atoms with Gasteiger partial charge in [-0.3, -0.25) is 14.4 Å². The Morgan fingerprint density at radius 3 is 2.58 bits per heavy atom. The highest BCUT2D eigenvalue weighted by atomic mass is 16.5. The van der Waals surface area contributed by atoms with Crippen LogP contribution in [0.25, 0.3) is 10.9 Å². The van der Waals surface area contributed by atoms with Gasteiger partial charge in [-0.05, 0) is 52.0 Å². The fraction of sp³-hybridized carbons (Fsp3) is 0.276. The number of hydrogen-bond donors (Lipinski definition) is 3. The predicted molar refractivity (Wildman–Crippen MR) is 140 cm³/mol. The number of fused-ring (bicyclic) bond motifs is 4. The van der Waals surface area contributed by atoms with Gasteiger partial charge in [0.1, 0.15) is 39.7 Å². The number of methoxy groups -OCH3 is 1. The minimum absolute atomic E-state index is 0.0103. The number of aromatic nitrogens is 1. The maximum Gasteiger partial charge on any atom is 0.194 e. The number of nitrogens with one attached hydrogen (secondary N) is 1. The molecule has 0 radical (unpaired) electrons. The number of benzene rings is 2. The molecule has 0 saturated carbocycles. The van der Waals surface area contributed by atoms with Crippen molar-refractivity contribution in [2.45, 2.75) is 39.7 Å². The lowest BCUT2D eigenvalue weighted by Crippen LogP contribution is -2.41. The fourth-order valence-corrected chi connectivity index (χ4v) is 5.31. The molecule has 3 aromatic rings. The van der Waals surface area contributed by atoms with Crippen molar-refractivity contribution in [3.63, 3.8) is 0 Å². The number of carbonyl (C=O) groups excluding carboxylic acids is 3. The quantitative estimate of drug-likeness (QED) is 0.256. The Balaban J connectivity index is 1.47. The smallest absolute Gasteiger partial charge is 0.194 e. The number of phenols is 2. The molecule has 1 aromatic heterocycles. The minimum atomic E-state index is -1.54. The first-order valence-corrected chi connectivity index (χ1v) is 12.2. The molecule has 1 atom stereocenters. The predicted octanol–water partition coefficient (Wildman–Crippen LogP) is 3.82.